The van der Waals surface area contributed by atoms with E-state index in [1.807, 2.05) is 48.5 Å². The Balaban J connectivity index is 1.53. The number of rotatable bonds is 6. The van der Waals surface area contributed by atoms with E-state index in [1.54, 1.807) is 0 Å². The summed E-state index contributed by atoms with van der Waals surface area (Å²) in [6.07, 6.45) is 0. The number of hydrogen-bond donors (Lipinski definition) is 3. The van der Waals surface area contributed by atoms with Gasteiger partial charge in [0.1, 0.15) is 0 Å². The predicted molar refractivity (Wildman–Crippen MR) is 93.9 cm³/mol. The molecule has 7 heteroatoms. The lowest BCUT2D eigenvalue weighted by atomic mass is 10.2. The van der Waals surface area contributed by atoms with Crippen LogP contribution in [0.3, 0.4) is 0 Å². The van der Waals surface area contributed by atoms with Gasteiger partial charge in [-0.1, -0.05) is 47.5 Å². The van der Waals surface area contributed by atoms with Crippen molar-refractivity contribution in [3.63, 3.8) is 0 Å². The van der Waals surface area contributed by atoms with Crippen LogP contribution in [0, 0.1) is 0 Å². The first-order valence-corrected chi connectivity index (χ1v) is 7.84. The molecule has 0 atom stereocenters. The molecule has 3 N–H and O–H groups in total. The minimum Gasteiger partial charge on any atom is -0.350 e. The van der Waals surface area contributed by atoms with Crippen LogP contribution in [0.1, 0.15) is 11.1 Å². The fraction of sp³-hybridized carbons (Fsp3) is 0.125. The van der Waals surface area contributed by atoms with Crippen LogP contribution < -0.4 is 10.6 Å². The van der Waals surface area contributed by atoms with Crippen LogP contribution in [0.25, 0.3) is 0 Å². The zero-order chi connectivity index (χ0) is 16.1. The predicted octanol–water partition coefficient (Wildman–Crippen LogP) is 4.34. The van der Waals surface area contributed by atoms with Crippen LogP contribution in [0.4, 0.5) is 11.9 Å². The molecule has 0 saturated carbocycles. The van der Waals surface area contributed by atoms with Crippen molar-refractivity contribution in [1.82, 2.24) is 15.2 Å². The molecule has 23 heavy (non-hydrogen) atoms. The highest BCUT2D eigenvalue weighted by Gasteiger charge is 2.03. The average molecular weight is 348 g/mol. The minimum absolute atomic E-state index is 0.526. The number of benzene rings is 2. The lowest BCUT2D eigenvalue weighted by molar-refractivity contribution is 1.03. The van der Waals surface area contributed by atoms with E-state index in [2.05, 4.69) is 25.8 Å². The van der Waals surface area contributed by atoms with E-state index in [1.165, 1.54) is 0 Å². The molecule has 118 valence electrons. The van der Waals surface area contributed by atoms with Gasteiger partial charge in [0.15, 0.2) is 0 Å². The molecule has 0 radical (unpaired) electrons. The molecule has 0 bridgehead atoms. The number of hydrogen-bond acceptors (Lipinski definition) is 4. The van der Waals surface area contributed by atoms with E-state index in [0.717, 1.165) is 11.1 Å². The largest absolute Gasteiger partial charge is 0.350 e. The van der Waals surface area contributed by atoms with Gasteiger partial charge >= 0.3 is 0 Å². The van der Waals surface area contributed by atoms with Crippen molar-refractivity contribution in [2.75, 3.05) is 10.6 Å². The van der Waals surface area contributed by atoms with Gasteiger partial charge in [-0.25, -0.2) is 5.10 Å². The van der Waals surface area contributed by atoms with Gasteiger partial charge in [0.05, 0.1) is 0 Å². The monoisotopic (exact) mass is 347 g/mol. The van der Waals surface area contributed by atoms with Crippen LogP contribution in [0.15, 0.2) is 48.5 Å². The molecule has 0 aliphatic rings. The Morgan fingerprint density at radius 1 is 0.870 bits per heavy atom. The van der Waals surface area contributed by atoms with Gasteiger partial charge in [-0.3, -0.25) is 0 Å². The first kappa shape index (κ1) is 15.6. The number of nitrogens with zero attached hydrogens (tertiary/aromatic N) is 2. The maximum absolute atomic E-state index is 5.96. The van der Waals surface area contributed by atoms with E-state index in [9.17, 15) is 0 Å². The lowest BCUT2D eigenvalue weighted by Crippen LogP contribution is -2.02. The third-order valence-electron chi connectivity index (χ3n) is 3.17. The molecule has 1 heterocycles. The first-order valence-electron chi connectivity index (χ1n) is 7.08. The number of aromatic nitrogens is 3. The fourth-order valence-corrected chi connectivity index (χ4v) is 2.51. The minimum atomic E-state index is 0.526. The highest BCUT2D eigenvalue weighted by Crippen LogP contribution is 2.14. The number of H-pyrrole nitrogens is 1. The molecule has 2 aromatic carbocycles. The van der Waals surface area contributed by atoms with E-state index >= 15 is 0 Å². The van der Waals surface area contributed by atoms with Crippen molar-refractivity contribution in [1.29, 1.82) is 0 Å². The number of halogens is 2. The van der Waals surface area contributed by atoms with Crippen molar-refractivity contribution in [3.8, 4) is 0 Å². The third kappa shape index (κ3) is 4.61. The quantitative estimate of drug-likeness (QED) is 0.620. The van der Waals surface area contributed by atoms with Crippen molar-refractivity contribution in [2.45, 2.75) is 13.1 Å². The van der Waals surface area contributed by atoms with Crippen LogP contribution in [-0.2, 0) is 13.1 Å². The molecule has 0 amide bonds. The van der Waals surface area contributed by atoms with Gasteiger partial charge < -0.3 is 10.6 Å². The Kier molecular flexibility index (Phi) is 5.00. The molecular weight excluding hydrogens is 333 g/mol. The van der Waals surface area contributed by atoms with Gasteiger partial charge in [-0.2, -0.15) is 4.98 Å². The van der Waals surface area contributed by atoms with Crippen molar-refractivity contribution >= 4 is 35.1 Å². The molecule has 5 nitrogen and oxygen atoms in total. The first-order chi connectivity index (χ1) is 11.2. The smallest absolute Gasteiger partial charge is 0.243 e. The summed E-state index contributed by atoms with van der Waals surface area (Å²) >= 11 is 11.9. The Morgan fingerprint density at radius 3 is 2.09 bits per heavy atom. The molecule has 0 fully saturated rings. The Labute approximate surface area is 144 Å². The maximum atomic E-state index is 5.96. The SMILES string of the molecule is Clc1cccc(CNc2n[nH]c(NCc3cccc(Cl)c3)n2)c1. The average Bonchev–Trinajstić information content (AvgIpc) is 2.99. The second kappa shape index (κ2) is 7.35. The molecule has 0 aliphatic heterocycles. The molecule has 1 aromatic heterocycles. The fourth-order valence-electron chi connectivity index (χ4n) is 2.08. The molecule has 0 unspecified atom stereocenters. The summed E-state index contributed by atoms with van der Waals surface area (Å²) in [7, 11) is 0. The van der Waals surface area contributed by atoms with Crippen LogP contribution >= 0.6 is 23.2 Å². The third-order valence-corrected chi connectivity index (χ3v) is 3.64. The maximum Gasteiger partial charge on any atom is 0.243 e. The molecular formula is C16H15Cl2N5. The topological polar surface area (TPSA) is 65.6 Å². The van der Waals surface area contributed by atoms with Crippen molar-refractivity contribution in [2.24, 2.45) is 0 Å². The standard InChI is InChI=1S/C16H15Cl2N5/c17-13-5-1-3-11(7-13)9-19-15-21-16(23-22-15)20-10-12-4-2-6-14(18)8-12/h1-8H,9-10H2,(H3,19,20,21,22,23). The normalized spacial score (nSPS) is 10.5. The van der Waals surface area contributed by atoms with Gasteiger partial charge in [0.2, 0.25) is 11.9 Å². The Morgan fingerprint density at radius 2 is 1.48 bits per heavy atom. The van der Waals surface area contributed by atoms with Gasteiger partial charge in [0.25, 0.3) is 0 Å². The molecule has 3 rings (SSSR count). The summed E-state index contributed by atoms with van der Waals surface area (Å²) < 4.78 is 0. The number of aromatic amines is 1. The summed E-state index contributed by atoms with van der Waals surface area (Å²) in [4.78, 5) is 4.33. The van der Waals surface area contributed by atoms with Gasteiger partial charge in [0, 0.05) is 23.1 Å². The number of nitrogens with one attached hydrogen (secondary N) is 3. The van der Waals surface area contributed by atoms with Gasteiger partial charge in [-0.05, 0) is 35.4 Å². The highest BCUT2D eigenvalue weighted by atomic mass is 35.5. The van der Waals surface area contributed by atoms with Crippen LogP contribution in [0.5, 0.6) is 0 Å². The van der Waals surface area contributed by atoms with Crippen LogP contribution in [0.2, 0.25) is 10.0 Å². The summed E-state index contributed by atoms with van der Waals surface area (Å²) in [6.45, 7) is 1.22. The molecule has 0 spiro atoms. The second-order valence-electron chi connectivity index (χ2n) is 4.97. The summed E-state index contributed by atoms with van der Waals surface area (Å²) in [5, 5.41) is 14.7. The molecule has 0 aliphatic carbocycles. The number of anilines is 2. The van der Waals surface area contributed by atoms with Crippen molar-refractivity contribution < 1.29 is 0 Å². The second-order valence-corrected chi connectivity index (χ2v) is 5.85. The summed E-state index contributed by atoms with van der Waals surface area (Å²) in [6, 6.07) is 15.3. The van der Waals surface area contributed by atoms with Crippen LogP contribution in [-0.4, -0.2) is 15.2 Å². The summed E-state index contributed by atoms with van der Waals surface area (Å²) in [5.74, 6) is 1.12. The Hall–Kier alpha value is -2.24. The van der Waals surface area contributed by atoms with Gasteiger partial charge in [-0.15, -0.1) is 5.10 Å². The zero-order valence-electron chi connectivity index (χ0n) is 12.2. The zero-order valence-corrected chi connectivity index (χ0v) is 13.7. The van der Waals surface area contributed by atoms with E-state index in [4.69, 9.17) is 23.2 Å². The van der Waals surface area contributed by atoms with E-state index in [-0.39, 0.29) is 0 Å². The molecule has 3 aromatic rings. The Bertz CT molecular complexity index is 723. The highest BCUT2D eigenvalue weighted by molar-refractivity contribution is 6.30. The lowest BCUT2D eigenvalue weighted by Gasteiger charge is -2.03. The summed E-state index contributed by atoms with van der Waals surface area (Å²) in [5.41, 5.74) is 2.14. The van der Waals surface area contributed by atoms with E-state index in [0.29, 0.717) is 35.0 Å². The molecule has 0 saturated heterocycles. The van der Waals surface area contributed by atoms with E-state index < -0.39 is 0 Å². The van der Waals surface area contributed by atoms with Crippen molar-refractivity contribution in [3.05, 3.63) is 69.7 Å².